The molecule has 0 radical (unpaired) electrons. The number of amides is 1. The molecule has 1 amide bonds. The van der Waals surface area contributed by atoms with Crippen molar-refractivity contribution in [2.24, 2.45) is 13.0 Å². The molecule has 188 valence electrons. The summed E-state index contributed by atoms with van der Waals surface area (Å²) < 4.78 is 1.76. The van der Waals surface area contributed by atoms with Gasteiger partial charge in [-0.3, -0.25) is 14.5 Å². The maximum absolute atomic E-state index is 13.3. The Morgan fingerprint density at radius 1 is 0.895 bits per heavy atom. The molecule has 4 rings (SSSR count). The van der Waals surface area contributed by atoms with Crippen molar-refractivity contribution in [2.45, 2.75) is 33.7 Å². The third kappa shape index (κ3) is 5.17. The van der Waals surface area contributed by atoms with Gasteiger partial charge in [-0.15, -0.1) is 10.2 Å². The Hall–Kier alpha value is -2.22. The predicted octanol–water partition coefficient (Wildman–Crippen LogP) is -5.66. The van der Waals surface area contributed by atoms with Gasteiger partial charge in [-0.05, 0) is 48.8 Å². The third-order valence-corrected chi connectivity index (χ3v) is 9.74. The molecule has 3 aromatic heterocycles. The third-order valence-electron chi connectivity index (χ3n) is 9.74. The first kappa shape index (κ1) is 28.8. The fourth-order valence-corrected chi connectivity index (χ4v) is 7.02. The van der Waals surface area contributed by atoms with Crippen LogP contribution in [-0.4, -0.2) is 120 Å². The van der Waals surface area contributed by atoms with E-state index in [9.17, 15) is 4.79 Å². The number of fused-ring (bicyclic) bond motifs is 1. The van der Waals surface area contributed by atoms with E-state index in [1.165, 1.54) is 0 Å². The molecule has 1 N–H and O–H groups in total. The van der Waals surface area contributed by atoms with E-state index in [2.05, 4.69) is 95.9 Å². The number of nitrogens with one attached hydrogen (secondary N) is 1. The maximum atomic E-state index is 13.3. The van der Waals surface area contributed by atoms with Gasteiger partial charge >= 0.3 is 0 Å². The first-order chi connectivity index (χ1) is 17.5. The van der Waals surface area contributed by atoms with Crippen LogP contribution in [0.1, 0.15) is 12.8 Å². The molecule has 1 saturated heterocycles. The Morgan fingerprint density at radius 3 is 2.05 bits per heavy atom. The quantitative estimate of drug-likeness (QED) is 0.329. The molecule has 1 aliphatic rings. The van der Waals surface area contributed by atoms with Crippen LogP contribution in [0.4, 0.5) is 5.82 Å². The van der Waals surface area contributed by atoms with Gasteiger partial charge in [0.15, 0.2) is 0 Å². The first-order valence-corrected chi connectivity index (χ1v) is 13.9. The largest absolute Gasteiger partial charge is 0.313 e. The van der Waals surface area contributed by atoms with Gasteiger partial charge in [0.25, 0.3) is 0 Å². The first-order valence-electron chi connectivity index (χ1n) is 13.9. The van der Waals surface area contributed by atoms with Gasteiger partial charge in [-0.1, -0.05) is 5.31 Å². The summed E-state index contributed by atoms with van der Waals surface area (Å²) in [5.41, 5.74) is 1.81. The molecule has 0 unspecified atom stereocenters. The molecule has 0 atom stereocenters. The average Bonchev–Trinajstić information content (AvgIpc) is 3.28. The Balaban J connectivity index is 1.45. The molecule has 7 nitrogen and oxygen atoms in total. The summed E-state index contributed by atoms with van der Waals surface area (Å²) in [5, 5.41) is 9.54. The lowest BCUT2D eigenvalue weighted by atomic mass is 9.09. The zero-order chi connectivity index (χ0) is 28.1. The van der Waals surface area contributed by atoms with Gasteiger partial charge in [0, 0.05) is 42.5 Å². The minimum absolute atomic E-state index is 0.0153. The van der Waals surface area contributed by atoms with Gasteiger partial charge in [0.2, 0.25) is 5.91 Å². The summed E-state index contributed by atoms with van der Waals surface area (Å²) in [6, 6.07) is 3.96. The summed E-state index contributed by atoms with van der Waals surface area (Å²) >= 11 is 0. The number of likely N-dealkylation sites (tertiary alicyclic amines) is 1. The lowest BCUT2D eigenvalue weighted by molar-refractivity contribution is -0.121. The minimum atomic E-state index is -0.0230. The van der Waals surface area contributed by atoms with Crippen LogP contribution in [0, 0.1) is 5.92 Å². The number of carbonyl (C=O) groups excluding carboxylic acids is 1. The van der Waals surface area contributed by atoms with Crippen LogP contribution in [0.5, 0.6) is 0 Å². The fraction of sp³-hybridized carbons (Fsp3) is 0.455. The summed E-state index contributed by atoms with van der Waals surface area (Å²) in [6.45, 7) is 1.83. The number of anilines is 1. The van der Waals surface area contributed by atoms with Crippen LogP contribution in [0.25, 0.3) is 22.0 Å². The van der Waals surface area contributed by atoms with Crippen molar-refractivity contribution >= 4 is 93.1 Å². The van der Waals surface area contributed by atoms with Crippen molar-refractivity contribution in [3.05, 3.63) is 36.9 Å². The molecule has 1 fully saturated rings. The Labute approximate surface area is 235 Å². The molecular formula is C22H37B9N6O. The van der Waals surface area contributed by atoms with Gasteiger partial charge in [0.05, 0.1) is 59.0 Å². The molecule has 0 aromatic carbocycles. The predicted molar refractivity (Wildman–Crippen MR) is 182 cm³/mol. The van der Waals surface area contributed by atoms with Gasteiger partial charge in [-0.25, -0.2) is 4.98 Å². The van der Waals surface area contributed by atoms with Crippen LogP contribution in [0.15, 0.2) is 36.9 Å². The van der Waals surface area contributed by atoms with Crippen LogP contribution in [-0.2, 0) is 11.8 Å². The molecule has 16 heteroatoms. The molecule has 1 aliphatic heterocycles. The van der Waals surface area contributed by atoms with E-state index >= 15 is 0 Å². The Morgan fingerprint density at radius 2 is 1.50 bits per heavy atom. The monoisotopic (exact) mass is 500 g/mol. The van der Waals surface area contributed by atoms with E-state index in [1.54, 1.807) is 17.1 Å². The average molecular weight is 499 g/mol. The van der Waals surface area contributed by atoms with Crippen LogP contribution >= 0.6 is 0 Å². The number of piperidine rings is 1. The highest BCUT2D eigenvalue weighted by atomic mass is 16.1. The zero-order valence-electron chi connectivity index (χ0n) is 25.0. The van der Waals surface area contributed by atoms with Crippen LogP contribution in [0.3, 0.4) is 0 Å². The van der Waals surface area contributed by atoms with E-state index in [0.29, 0.717) is 5.82 Å². The molecule has 3 aromatic rings. The zero-order valence-corrected chi connectivity index (χ0v) is 25.0. The van der Waals surface area contributed by atoms with Crippen molar-refractivity contribution in [2.75, 3.05) is 18.4 Å². The minimum Gasteiger partial charge on any atom is -0.313 e. The lowest BCUT2D eigenvalue weighted by Gasteiger charge is -2.66. The second kappa shape index (κ2) is 10.1. The van der Waals surface area contributed by atoms with E-state index in [1.807, 2.05) is 31.6 Å². The normalized spacial score (nSPS) is 16.4. The molecule has 0 spiro atoms. The maximum Gasteiger partial charge on any atom is 0.228 e. The standard InChI is InChI=1S/C22H37B9N6O/c1-36-11-15(10-34-36)16-6-13-7-17(33-9-14(13)8-32-16)35-18(38)12-2-4-37(5-3-12)22(30,31)19(23,20(24,25)26)21(27,28)29/h6-12H,2-5,23-31H2,1H3,(H,33,35,38). The summed E-state index contributed by atoms with van der Waals surface area (Å²) in [5.74, 6) is 0.630. The number of aromatic nitrogens is 4. The molecule has 0 bridgehead atoms. The molecule has 0 aliphatic carbocycles. The summed E-state index contributed by atoms with van der Waals surface area (Å²) in [6.07, 6.45) is 9.03. The van der Waals surface area contributed by atoms with Crippen LogP contribution in [0.2, 0.25) is 15.5 Å². The SMILES string of the molecule is BC(B)(B)C(B)(C(B)(B)B)C(B)(B)N1CCC(C(=O)Nc2cc3cc(-c4cnn(C)c4)ncc3cn2)CC1. The number of rotatable bonds is 7. The molecule has 4 heterocycles. The number of aryl methyl sites for hydroxylation is 1. The number of hydrogen-bond donors (Lipinski definition) is 1. The van der Waals surface area contributed by atoms with Gasteiger partial charge in [0.1, 0.15) is 29.4 Å². The number of carbonyl (C=O) groups is 1. The number of pyridine rings is 2. The van der Waals surface area contributed by atoms with Crippen molar-refractivity contribution in [1.29, 1.82) is 0 Å². The van der Waals surface area contributed by atoms with E-state index in [-0.39, 0.29) is 32.7 Å². The summed E-state index contributed by atoms with van der Waals surface area (Å²) in [4.78, 5) is 24.9. The van der Waals surface area contributed by atoms with Crippen molar-refractivity contribution in [3.8, 4) is 11.3 Å². The smallest absolute Gasteiger partial charge is 0.228 e. The Bertz CT molecular complexity index is 1310. The second-order valence-corrected chi connectivity index (χ2v) is 13.8. The topological polar surface area (TPSA) is 75.9 Å². The lowest BCUT2D eigenvalue weighted by Crippen LogP contribution is -2.67. The highest BCUT2D eigenvalue weighted by molar-refractivity contribution is 6.71. The van der Waals surface area contributed by atoms with E-state index < -0.39 is 0 Å². The highest BCUT2D eigenvalue weighted by Crippen LogP contribution is 2.61. The fourth-order valence-electron chi connectivity index (χ4n) is 7.02. The Kier molecular flexibility index (Phi) is 7.63. The van der Waals surface area contributed by atoms with Gasteiger partial charge < -0.3 is 10.2 Å². The highest BCUT2D eigenvalue weighted by Gasteiger charge is 2.56. The van der Waals surface area contributed by atoms with Crippen molar-refractivity contribution < 1.29 is 4.79 Å². The molecule has 38 heavy (non-hydrogen) atoms. The van der Waals surface area contributed by atoms with Crippen molar-refractivity contribution in [3.63, 3.8) is 0 Å². The summed E-state index contributed by atoms with van der Waals surface area (Å²) in [7, 11) is 23.3. The number of nitrogens with zero attached hydrogens (tertiary/aromatic N) is 5. The van der Waals surface area contributed by atoms with E-state index in [0.717, 1.165) is 48.0 Å². The number of hydrogen-bond acceptors (Lipinski definition) is 5. The second-order valence-electron chi connectivity index (χ2n) is 13.8. The molecule has 0 saturated carbocycles. The molecular weight excluding hydrogens is 462 g/mol. The van der Waals surface area contributed by atoms with Crippen LogP contribution < -0.4 is 5.32 Å². The van der Waals surface area contributed by atoms with Gasteiger partial charge in [-0.2, -0.15) is 5.10 Å². The van der Waals surface area contributed by atoms with Crippen molar-refractivity contribution in [1.82, 2.24) is 24.6 Å². The van der Waals surface area contributed by atoms with E-state index in [4.69, 9.17) is 0 Å².